The minimum atomic E-state index is -0.500. The molecule has 0 spiro atoms. The molecule has 1 amide bonds. The first-order valence-corrected chi connectivity index (χ1v) is 6.17. The number of carbonyl (C=O) groups excluding carboxylic acids is 1. The average molecular weight is 241 g/mol. The molecule has 2 rings (SSSR count). The molecule has 0 aromatic rings. The molecule has 0 radical (unpaired) electrons. The maximum absolute atomic E-state index is 11.6. The van der Waals surface area contributed by atoms with Crippen molar-refractivity contribution in [3.05, 3.63) is 11.1 Å². The van der Waals surface area contributed by atoms with E-state index in [2.05, 4.69) is 15.2 Å². The predicted octanol–water partition coefficient (Wildman–Crippen LogP) is 0.133. The quantitative estimate of drug-likeness (QED) is 0.734. The van der Waals surface area contributed by atoms with Gasteiger partial charge in [-0.1, -0.05) is 11.8 Å². The van der Waals surface area contributed by atoms with Gasteiger partial charge in [0.1, 0.15) is 0 Å². The summed E-state index contributed by atoms with van der Waals surface area (Å²) in [6, 6.07) is 0. The van der Waals surface area contributed by atoms with E-state index in [9.17, 15) is 4.79 Å². The Balaban J connectivity index is 1.82. The third kappa shape index (κ3) is 2.56. The van der Waals surface area contributed by atoms with E-state index in [0.29, 0.717) is 13.0 Å². The van der Waals surface area contributed by atoms with Crippen LogP contribution < -0.4 is 5.32 Å². The summed E-state index contributed by atoms with van der Waals surface area (Å²) in [7, 11) is 0. The van der Waals surface area contributed by atoms with Gasteiger partial charge in [0, 0.05) is 18.8 Å². The van der Waals surface area contributed by atoms with Gasteiger partial charge in [-0.2, -0.15) is 0 Å². The van der Waals surface area contributed by atoms with Crippen LogP contribution in [0.15, 0.2) is 16.1 Å². The van der Waals surface area contributed by atoms with Crippen molar-refractivity contribution in [3.63, 3.8) is 0 Å². The Morgan fingerprint density at radius 3 is 3.38 bits per heavy atom. The molecule has 1 unspecified atom stereocenters. The van der Waals surface area contributed by atoms with Crippen LogP contribution in [0.3, 0.4) is 0 Å². The first kappa shape index (κ1) is 11.5. The summed E-state index contributed by atoms with van der Waals surface area (Å²) in [6.45, 7) is 3.64. The summed E-state index contributed by atoms with van der Waals surface area (Å²) in [4.78, 5) is 17.9. The number of aliphatic hydroxyl groups is 1. The SMILES string of the molecule is CC(O)CNC(=O)CC1=CSC2=NCCN12. The summed E-state index contributed by atoms with van der Waals surface area (Å²) in [5, 5.41) is 14.7. The van der Waals surface area contributed by atoms with Crippen LogP contribution >= 0.6 is 11.8 Å². The first-order chi connectivity index (χ1) is 7.66. The Morgan fingerprint density at radius 2 is 2.62 bits per heavy atom. The maximum atomic E-state index is 11.6. The first-order valence-electron chi connectivity index (χ1n) is 5.29. The molecule has 16 heavy (non-hydrogen) atoms. The van der Waals surface area contributed by atoms with Gasteiger partial charge in [0.25, 0.3) is 0 Å². The third-order valence-electron chi connectivity index (χ3n) is 2.38. The summed E-state index contributed by atoms with van der Waals surface area (Å²) in [5.74, 6) is -0.0547. The monoisotopic (exact) mass is 241 g/mol. The zero-order valence-corrected chi connectivity index (χ0v) is 9.96. The molecule has 6 heteroatoms. The van der Waals surface area contributed by atoms with E-state index >= 15 is 0 Å². The van der Waals surface area contributed by atoms with Gasteiger partial charge >= 0.3 is 0 Å². The van der Waals surface area contributed by atoms with Gasteiger partial charge in [-0.3, -0.25) is 9.79 Å². The molecule has 2 heterocycles. The smallest absolute Gasteiger partial charge is 0.226 e. The van der Waals surface area contributed by atoms with E-state index in [0.717, 1.165) is 24.0 Å². The second-order valence-corrected chi connectivity index (χ2v) is 4.71. The van der Waals surface area contributed by atoms with Gasteiger partial charge in [0.05, 0.1) is 19.1 Å². The number of nitrogens with zero attached hydrogens (tertiary/aromatic N) is 2. The van der Waals surface area contributed by atoms with E-state index in [1.54, 1.807) is 18.7 Å². The van der Waals surface area contributed by atoms with Crippen LogP contribution in [0.5, 0.6) is 0 Å². The minimum absolute atomic E-state index is 0.0547. The molecule has 2 N–H and O–H groups in total. The number of amidine groups is 1. The van der Waals surface area contributed by atoms with Crippen molar-refractivity contribution in [3.8, 4) is 0 Å². The number of hydrogen-bond donors (Lipinski definition) is 2. The number of carbonyl (C=O) groups is 1. The fourth-order valence-electron chi connectivity index (χ4n) is 1.60. The highest BCUT2D eigenvalue weighted by Crippen LogP contribution is 2.30. The lowest BCUT2D eigenvalue weighted by molar-refractivity contribution is -0.121. The number of rotatable bonds is 4. The number of aliphatic hydroxyl groups excluding tert-OH is 1. The topological polar surface area (TPSA) is 64.9 Å². The Labute approximate surface area is 98.6 Å². The molecule has 2 aliphatic heterocycles. The van der Waals surface area contributed by atoms with Gasteiger partial charge in [-0.25, -0.2) is 0 Å². The van der Waals surface area contributed by atoms with Crippen molar-refractivity contribution >= 4 is 22.8 Å². The number of aliphatic imine (C=N–C) groups is 1. The zero-order valence-electron chi connectivity index (χ0n) is 9.14. The molecule has 5 nitrogen and oxygen atoms in total. The van der Waals surface area contributed by atoms with Crippen molar-refractivity contribution in [2.45, 2.75) is 19.4 Å². The molecule has 1 atom stereocenters. The molecule has 0 aromatic carbocycles. The molecule has 0 aliphatic carbocycles. The van der Waals surface area contributed by atoms with Gasteiger partial charge in [-0.15, -0.1) is 0 Å². The molecular formula is C10H15N3O2S. The van der Waals surface area contributed by atoms with Crippen molar-refractivity contribution < 1.29 is 9.90 Å². The van der Waals surface area contributed by atoms with E-state index in [1.165, 1.54) is 0 Å². The second-order valence-electron chi connectivity index (χ2n) is 3.87. The summed E-state index contributed by atoms with van der Waals surface area (Å²) < 4.78 is 0. The number of hydrogen-bond acceptors (Lipinski definition) is 5. The van der Waals surface area contributed by atoms with E-state index in [1.807, 2.05) is 5.41 Å². The number of nitrogens with one attached hydrogen (secondary N) is 1. The van der Waals surface area contributed by atoms with Crippen molar-refractivity contribution in [2.75, 3.05) is 19.6 Å². The molecule has 0 aromatic heterocycles. The third-order valence-corrected chi connectivity index (χ3v) is 3.34. The largest absolute Gasteiger partial charge is 0.392 e. The summed E-state index contributed by atoms with van der Waals surface area (Å²) in [6.07, 6.45) is -0.140. The van der Waals surface area contributed by atoms with E-state index < -0.39 is 6.10 Å². The molecule has 0 fully saturated rings. The van der Waals surface area contributed by atoms with Crippen molar-refractivity contribution in [1.29, 1.82) is 0 Å². The van der Waals surface area contributed by atoms with Gasteiger partial charge in [0.2, 0.25) is 5.91 Å². The molecule has 0 bridgehead atoms. The number of amides is 1. The lowest BCUT2D eigenvalue weighted by Gasteiger charge is -2.16. The van der Waals surface area contributed by atoms with Crippen LogP contribution in [-0.2, 0) is 4.79 Å². The van der Waals surface area contributed by atoms with Crippen LogP contribution in [0.4, 0.5) is 0 Å². The molecule has 0 saturated carbocycles. The zero-order chi connectivity index (χ0) is 11.5. The van der Waals surface area contributed by atoms with E-state index in [4.69, 9.17) is 5.11 Å². The number of fused-ring (bicyclic) bond motifs is 1. The lowest BCUT2D eigenvalue weighted by Crippen LogP contribution is -2.32. The van der Waals surface area contributed by atoms with E-state index in [-0.39, 0.29) is 5.91 Å². The Bertz CT molecular complexity index is 352. The maximum Gasteiger partial charge on any atom is 0.226 e. The minimum Gasteiger partial charge on any atom is -0.392 e. The fraction of sp³-hybridized carbons (Fsp3) is 0.600. The summed E-state index contributed by atoms with van der Waals surface area (Å²) in [5.41, 5.74) is 1.00. The Hall–Kier alpha value is -1.01. The molecular weight excluding hydrogens is 226 g/mol. The normalized spacial score (nSPS) is 20.2. The second kappa shape index (κ2) is 4.88. The van der Waals surface area contributed by atoms with Crippen molar-refractivity contribution in [1.82, 2.24) is 10.2 Å². The average Bonchev–Trinajstić information content (AvgIpc) is 2.80. The predicted molar refractivity (Wildman–Crippen MR) is 64.0 cm³/mol. The Morgan fingerprint density at radius 1 is 1.81 bits per heavy atom. The fourth-order valence-corrected chi connectivity index (χ4v) is 2.56. The standard InChI is InChI=1S/C10H15N3O2S/c1-7(14)5-12-9(15)4-8-6-16-10-11-2-3-13(8)10/h6-7,14H,2-5H2,1H3,(H,12,15). The van der Waals surface area contributed by atoms with Gasteiger partial charge in [-0.05, 0) is 12.3 Å². The lowest BCUT2D eigenvalue weighted by atomic mass is 10.3. The van der Waals surface area contributed by atoms with Crippen LogP contribution in [0, 0.1) is 0 Å². The van der Waals surface area contributed by atoms with Crippen LogP contribution in [0.1, 0.15) is 13.3 Å². The highest BCUT2D eigenvalue weighted by molar-refractivity contribution is 8.16. The molecule has 0 saturated heterocycles. The highest BCUT2D eigenvalue weighted by atomic mass is 32.2. The molecule has 2 aliphatic rings. The van der Waals surface area contributed by atoms with Gasteiger partial charge < -0.3 is 15.3 Å². The summed E-state index contributed by atoms with van der Waals surface area (Å²) >= 11 is 1.57. The highest BCUT2D eigenvalue weighted by Gasteiger charge is 2.27. The molecule has 88 valence electrons. The number of thioether (sulfide) groups is 1. The van der Waals surface area contributed by atoms with Crippen LogP contribution in [0.25, 0.3) is 0 Å². The van der Waals surface area contributed by atoms with Crippen LogP contribution in [0.2, 0.25) is 0 Å². The van der Waals surface area contributed by atoms with Gasteiger partial charge in [0.15, 0.2) is 5.17 Å². The van der Waals surface area contributed by atoms with Crippen molar-refractivity contribution in [2.24, 2.45) is 4.99 Å². The van der Waals surface area contributed by atoms with Crippen LogP contribution in [-0.4, -0.2) is 46.8 Å². The Kier molecular flexibility index (Phi) is 3.50.